The molecule has 5 heteroatoms. The van der Waals surface area contributed by atoms with E-state index in [-0.39, 0.29) is 5.54 Å². The number of hydrogen-bond donors (Lipinski definition) is 2. The monoisotopic (exact) mass is 240 g/mol. The summed E-state index contributed by atoms with van der Waals surface area (Å²) in [5, 5.41) is 4.45. The zero-order valence-electron chi connectivity index (χ0n) is 9.83. The van der Waals surface area contributed by atoms with Crippen LogP contribution < -0.4 is 11.1 Å². The third-order valence-electron chi connectivity index (χ3n) is 3.36. The number of nitrogens with zero attached hydrogens (tertiary/aromatic N) is 2. The van der Waals surface area contributed by atoms with E-state index in [4.69, 9.17) is 5.73 Å². The van der Waals surface area contributed by atoms with Crippen molar-refractivity contribution in [1.82, 2.24) is 9.36 Å². The fourth-order valence-electron chi connectivity index (χ4n) is 2.28. The second-order valence-corrected chi connectivity index (χ2v) is 5.29. The van der Waals surface area contributed by atoms with Gasteiger partial charge in [0.25, 0.3) is 0 Å². The Morgan fingerprint density at radius 1 is 1.38 bits per heavy atom. The first-order valence-corrected chi connectivity index (χ1v) is 6.86. The smallest absolute Gasteiger partial charge is 0.203 e. The molecule has 1 aromatic rings. The van der Waals surface area contributed by atoms with Crippen molar-refractivity contribution in [2.24, 2.45) is 5.73 Å². The van der Waals surface area contributed by atoms with Gasteiger partial charge in [-0.3, -0.25) is 0 Å². The second-order valence-electron chi connectivity index (χ2n) is 4.54. The Balaban J connectivity index is 2.05. The van der Waals surface area contributed by atoms with Crippen LogP contribution >= 0.6 is 11.5 Å². The first kappa shape index (κ1) is 11.8. The molecule has 1 aliphatic carbocycles. The molecule has 1 aliphatic rings. The molecule has 0 amide bonds. The van der Waals surface area contributed by atoms with Crippen molar-refractivity contribution in [3.63, 3.8) is 0 Å². The standard InChI is InChI=1S/C11H20N4S/c1-2-9-13-10(16-15-9)14-11(8-12)6-4-3-5-7-11/h2-8,12H2,1H3,(H,13,14,15). The molecule has 0 bridgehead atoms. The lowest BCUT2D eigenvalue weighted by Crippen LogP contribution is -2.46. The Bertz CT molecular complexity index is 330. The van der Waals surface area contributed by atoms with Crippen LogP contribution in [0.2, 0.25) is 0 Å². The molecular weight excluding hydrogens is 220 g/mol. The van der Waals surface area contributed by atoms with Gasteiger partial charge >= 0.3 is 0 Å². The average molecular weight is 240 g/mol. The van der Waals surface area contributed by atoms with E-state index in [2.05, 4.69) is 21.6 Å². The summed E-state index contributed by atoms with van der Waals surface area (Å²) in [4.78, 5) is 4.46. The third-order valence-corrected chi connectivity index (χ3v) is 4.03. The van der Waals surface area contributed by atoms with Crippen molar-refractivity contribution in [1.29, 1.82) is 0 Å². The number of hydrogen-bond acceptors (Lipinski definition) is 5. The van der Waals surface area contributed by atoms with Crippen molar-refractivity contribution in [3.05, 3.63) is 5.82 Å². The summed E-state index contributed by atoms with van der Waals surface area (Å²) < 4.78 is 4.29. The van der Waals surface area contributed by atoms with E-state index in [1.165, 1.54) is 30.8 Å². The van der Waals surface area contributed by atoms with E-state index >= 15 is 0 Å². The van der Waals surface area contributed by atoms with Gasteiger partial charge in [0.1, 0.15) is 5.82 Å². The zero-order valence-corrected chi connectivity index (χ0v) is 10.6. The van der Waals surface area contributed by atoms with E-state index in [1.54, 1.807) is 0 Å². The van der Waals surface area contributed by atoms with Crippen LogP contribution in [0.25, 0.3) is 0 Å². The Morgan fingerprint density at radius 2 is 2.12 bits per heavy atom. The van der Waals surface area contributed by atoms with Gasteiger partial charge in [0.2, 0.25) is 5.13 Å². The van der Waals surface area contributed by atoms with E-state index in [0.29, 0.717) is 6.54 Å². The van der Waals surface area contributed by atoms with Gasteiger partial charge in [0, 0.05) is 24.5 Å². The lowest BCUT2D eigenvalue weighted by atomic mass is 9.82. The van der Waals surface area contributed by atoms with Gasteiger partial charge in [0.05, 0.1) is 5.54 Å². The highest BCUT2D eigenvalue weighted by molar-refractivity contribution is 7.09. The summed E-state index contributed by atoms with van der Waals surface area (Å²) in [6.45, 7) is 2.76. The molecule has 2 rings (SSSR count). The van der Waals surface area contributed by atoms with Gasteiger partial charge in [0.15, 0.2) is 0 Å². The first-order valence-electron chi connectivity index (χ1n) is 6.09. The predicted molar refractivity (Wildman–Crippen MR) is 67.8 cm³/mol. The molecule has 1 aromatic heterocycles. The summed E-state index contributed by atoms with van der Waals surface area (Å²) in [6, 6.07) is 0. The van der Waals surface area contributed by atoms with Gasteiger partial charge in [-0.15, -0.1) is 0 Å². The van der Waals surface area contributed by atoms with E-state index in [0.717, 1.165) is 30.2 Å². The van der Waals surface area contributed by atoms with Gasteiger partial charge in [-0.25, -0.2) is 4.98 Å². The van der Waals surface area contributed by atoms with Crippen LogP contribution in [0.4, 0.5) is 5.13 Å². The van der Waals surface area contributed by atoms with Crippen LogP contribution in [-0.4, -0.2) is 21.4 Å². The minimum Gasteiger partial charge on any atom is -0.354 e. The summed E-state index contributed by atoms with van der Waals surface area (Å²) in [5.74, 6) is 0.926. The molecule has 0 radical (unpaired) electrons. The van der Waals surface area contributed by atoms with Crippen molar-refractivity contribution >= 4 is 16.7 Å². The molecule has 90 valence electrons. The van der Waals surface area contributed by atoms with Crippen LogP contribution in [0.5, 0.6) is 0 Å². The van der Waals surface area contributed by atoms with E-state index in [9.17, 15) is 0 Å². The number of nitrogens with two attached hydrogens (primary N) is 1. The highest BCUT2D eigenvalue weighted by Gasteiger charge is 2.31. The maximum atomic E-state index is 5.92. The van der Waals surface area contributed by atoms with Gasteiger partial charge in [-0.1, -0.05) is 26.2 Å². The normalized spacial score (nSPS) is 19.6. The van der Waals surface area contributed by atoms with Crippen LogP contribution in [-0.2, 0) is 6.42 Å². The molecule has 0 atom stereocenters. The lowest BCUT2D eigenvalue weighted by molar-refractivity contribution is 0.331. The summed E-state index contributed by atoms with van der Waals surface area (Å²) >= 11 is 1.45. The van der Waals surface area contributed by atoms with Crippen LogP contribution in [0.1, 0.15) is 44.9 Å². The number of rotatable bonds is 4. The van der Waals surface area contributed by atoms with Crippen molar-refractivity contribution in [2.45, 2.75) is 51.0 Å². The minimum atomic E-state index is 0.0722. The summed E-state index contributed by atoms with van der Waals surface area (Å²) in [7, 11) is 0. The fourth-order valence-corrected chi connectivity index (χ4v) is 3.05. The quantitative estimate of drug-likeness (QED) is 0.846. The molecule has 3 N–H and O–H groups in total. The maximum absolute atomic E-state index is 5.92. The van der Waals surface area contributed by atoms with E-state index < -0.39 is 0 Å². The molecular formula is C11H20N4S. The highest BCUT2D eigenvalue weighted by atomic mass is 32.1. The lowest BCUT2D eigenvalue weighted by Gasteiger charge is -2.36. The second kappa shape index (κ2) is 5.10. The molecule has 0 spiro atoms. The average Bonchev–Trinajstić information content (AvgIpc) is 2.78. The molecule has 1 saturated carbocycles. The Labute approximate surface area is 101 Å². The largest absolute Gasteiger partial charge is 0.354 e. The Kier molecular flexibility index (Phi) is 3.76. The summed E-state index contributed by atoms with van der Waals surface area (Å²) in [6.07, 6.45) is 7.08. The topological polar surface area (TPSA) is 63.8 Å². The maximum Gasteiger partial charge on any atom is 0.203 e. The van der Waals surface area contributed by atoms with Gasteiger partial charge in [-0.05, 0) is 12.8 Å². The Morgan fingerprint density at radius 3 is 2.69 bits per heavy atom. The van der Waals surface area contributed by atoms with Crippen molar-refractivity contribution in [2.75, 3.05) is 11.9 Å². The number of aromatic nitrogens is 2. The molecule has 1 heterocycles. The van der Waals surface area contributed by atoms with Crippen LogP contribution in [0, 0.1) is 0 Å². The number of nitrogens with one attached hydrogen (secondary N) is 1. The molecule has 4 nitrogen and oxygen atoms in total. The van der Waals surface area contributed by atoms with E-state index in [1.807, 2.05) is 0 Å². The predicted octanol–water partition coefficient (Wildman–Crippen LogP) is 2.17. The molecule has 16 heavy (non-hydrogen) atoms. The Hall–Kier alpha value is -0.680. The minimum absolute atomic E-state index is 0.0722. The zero-order chi connectivity index (χ0) is 11.4. The summed E-state index contributed by atoms with van der Waals surface area (Å²) in [5.41, 5.74) is 5.99. The van der Waals surface area contributed by atoms with Crippen LogP contribution in [0.3, 0.4) is 0 Å². The molecule has 0 unspecified atom stereocenters. The van der Waals surface area contributed by atoms with Gasteiger partial charge in [-0.2, -0.15) is 4.37 Å². The van der Waals surface area contributed by atoms with Crippen molar-refractivity contribution < 1.29 is 0 Å². The first-order chi connectivity index (χ1) is 7.78. The number of anilines is 1. The van der Waals surface area contributed by atoms with Gasteiger partial charge < -0.3 is 11.1 Å². The fraction of sp³-hybridized carbons (Fsp3) is 0.818. The molecule has 1 fully saturated rings. The SMILES string of the molecule is CCc1nsc(NC2(CN)CCCCC2)n1. The molecule has 0 saturated heterocycles. The van der Waals surface area contributed by atoms with Crippen molar-refractivity contribution in [3.8, 4) is 0 Å². The number of aryl methyl sites for hydroxylation is 1. The highest BCUT2D eigenvalue weighted by Crippen LogP contribution is 2.31. The molecule has 0 aromatic carbocycles. The third kappa shape index (κ3) is 2.52. The van der Waals surface area contributed by atoms with Crippen LogP contribution in [0.15, 0.2) is 0 Å². The molecule has 0 aliphatic heterocycles.